The van der Waals surface area contributed by atoms with E-state index in [2.05, 4.69) is 4.74 Å². The molecule has 3 nitrogen and oxygen atoms in total. The van der Waals surface area contributed by atoms with Gasteiger partial charge in [-0.1, -0.05) is 24.3 Å². The van der Waals surface area contributed by atoms with Crippen LogP contribution in [-0.2, 0) is 15.7 Å². The van der Waals surface area contributed by atoms with Crippen LogP contribution in [0.5, 0.6) is 5.75 Å². The number of phenolic OH excluding ortho intramolecular Hbond substituents is 1. The van der Waals surface area contributed by atoms with E-state index in [-0.39, 0.29) is 16.9 Å². The molecule has 1 N–H and O–H groups in total. The predicted octanol–water partition coefficient (Wildman–Crippen LogP) is 4.35. The van der Waals surface area contributed by atoms with Crippen molar-refractivity contribution in [2.45, 2.75) is 19.0 Å². The number of hydrogen-bond acceptors (Lipinski definition) is 3. The Kier molecular flexibility index (Phi) is 4.63. The average molecular weight is 324 g/mol. The zero-order valence-electron chi connectivity index (χ0n) is 12.5. The molecule has 0 saturated carbocycles. The Morgan fingerprint density at radius 1 is 1.13 bits per heavy atom. The highest BCUT2D eigenvalue weighted by Gasteiger charge is 2.34. The van der Waals surface area contributed by atoms with Gasteiger partial charge in [-0.15, -0.1) is 0 Å². The molecular formula is C17H15F3O3. The minimum atomic E-state index is -4.57. The number of ether oxygens (including phenoxy) is 1. The van der Waals surface area contributed by atoms with Crippen molar-refractivity contribution in [3.05, 3.63) is 53.6 Å². The number of benzene rings is 2. The van der Waals surface area contributed by atoms with Gasteiger partial charge in [-0.2, -0.15) is 13.2 Å². The van der Waals surface area contributed by atoms with Crippen LogP contribution >= 0.6 is 0 Å². The molecule has 0 spiro atoms. The lowest BCUT2D eigenvalue weighted by molar-refractivity contribution is -0.142. The number of rotatable bonds is 3. The van der Waals surface area contributed by atoms with Crippen LogP contribution in [0.25, 0.3) is 11.1 Å². The van der Waals surface area contributed by atoms with Gasteiger partial charge in [0.15, 0.2) is 0 Å². The molecule has 2 aromatic rings. The van der Waals surface area contributed by atoms with Crippen molar-refractivity contribution in [2.24, 2.45) is 0 Å². The Labute approximate surface area is 131 Å². The van der Waals surface area contributed by atoms with Gasteiger partial charge < -0.3 is 9.84 Å². The molecule has 0 aliphatic rings. The van der Waals surface area contributed by atoms with Crippen LogP contribution in [0.2, 0.25) is 0 Å². The maximum atomic E-state index is 13.4. The van der Waals surface area contributed by atoms with Gasteiger partial charge in [-0.05, 0) is 41.8 Å². The molecule has 1 unspecified atom stereocenters. The number of methoxy groups -OCH3 is 1. The summed E-state index contributed by atoms with van der Waals surface area (Å²) in [6, 6.07) is 9.21. The van der Waals surface area contributed by atoms with Crippen LogP contribution in [-0.4, -0.2) is 18.2 Å². The fourth-order valence-corrected chi connectivity index (χ4v) is 2.27. The number of carbonyl (C=O) groups is 1. The molecule has 2 aromatic carbocycles. The summed E-state index contributed by atoms with van der Waals surface area (Å²) < 4.78 is 44.7. The average Bonchev–Trinajstić information content (AvgIpc) is 2.53. The first-order chi connectivity index (χ1) is 10.7. The fraction of sp³-hybridized carbons (Fsp3) is 0.235. The van der Waals surface area contributed by atoms with E-state index in [1.165, 1.54) is 50.4 Å². The van der Waals surface area contributed by atoms with Crippen molar-refractivity contribution >= 4 is 5.97 Å². The second-order valence-electron chi connectivity index (χ2n) is 5.09. The van der Waals surface area contributed by atoms with Gasteiger partial charge in [0, 0.05) is 0 Å². The van der Waals surface area contributed by atoms with Crippen LogP contribution in [0.4, 0.5) is 13.2 Å². The van der Waals surface area contributed by atoms with E-state index >= 15 is 0 Å². The zero-order valence-corrected chi connectivity index (χ0v) is 12.5. The van der Waals surface area contributed by atoms with Gasteiger partial charge in [0.1, 0.15) is 5.75 Å². The third kappa shape index (κ3) is 3.64. The van der Waals surface area contributed by atoms with Gasteiger partial charge in [0.05, 0.1) is 18.6 Å². The van der Waals surface area contributed by atoms with Gasteiger partial charge in [0.2, 0.25) is 0 Å². The van der Waals surface area contributed by atoms with E-state index in [4.69, 9.17) is 0 Å². The lowest BCUT2D eigenvalue weighted by Gasteiger charge is -2.17. The second kappa shape index (κ2) is 6.32. The second-order valence-corrected chi connectivity index (χ2v) is 5.09. The molecule has 0 heterocycles. The first kappa shape index (κ1) is 16.9. The molecule has 0 aliphatic carbocycles. The number of alkyl halides is 3. The minimum Gasteiger partial charge on any atom is -0.508 e. The number of hydrogen-bond donors (Lipinski definition) is 1. The Morgan fingerprint density at radius 2 is 1.74 bits per heavy atom. The van der Waals surface area contributed by atoms with Crippen molar-refractivity contribution in [1.29, 1.82) is 0 Å². The topological polar surface area (TPSA) is 46.5 Å². The SMILES string of the molecule is COC(=O)C(C)c1ccc(-c2ccc(O)cc2)c(C(F)(F)F)c1. The summed E-state index contributed by atoms with van der Waals surface area (Å²) in [6.45, 7) is 1.49. The Hall–Kier alpha value is -2.50. The van der Waals surface area contributed by atoms with E-state index in [0.29, 0.717) is 5.56 Å². The molecule has 0 aromatic heterocycles. The molecular weight excluding hydrogens is 309 g/mol. The summed E-state index contributed by atoms with van der Waals surface area (Å²) >= 11 is 0. The van der Waals surface area contributed by atoms with E-state index in [0.717, 1.165) is 6.07 Å². The third-order valence-electron chi connectivity index (χ3n) is 3.58. The van der Waals surface area contributed by atoms with Crippen LogP contribution in [0.3, 0.4) is 0 Å². The van der Waals surface area contributed by atoms with Crippen LogP contribution < -0.4 is 0 Å². The minimum absolute atomic E-state index is 0.0154. The van der Waals surface area contributed by atoms with E-state index in [1.54, 1.807) is 0 Å². The van der Waals surface area contributed by atoms with Crippen LogP contribution in [0, 0.1) is 0 Å². The summed E-state index contributed by atoms with van der Waals surface area (Å²) in [5.41, 5.74) is -0.297. The molecule has 2 rings (SSSR count). The Balaban J connectivity index is 2.56. The summed E-state index contributed by atoms with van der Waals surface area (Å²) in [6.07, 6.45) is -4.57. The predicted molar refractivity (Wildman–Crippen MR) is 79.0 cm³/mol. The molecule has 1 atom stereocenters. The highest BCUT2D eigenvalue weighted by Crippen LogP contribution is 2.39. The third-order valence-corrected chi connectivity index (χ3v) is 3.58. The largest absolute Gasteiger partial charge is 0.508 e. The molecule has 0 bridgehead atoms. The van der Waals surface area contributed by atoms with E-state index < -0.39 is 23.6 Å². The number of halogens is 3. The first-order valence-corrected chi connectivity index (χ1v) is 6.82. The maximum Gasteiger partial charge on any atom is 0.417 e. The smallest absolute Gasteiger partial charge is 0.417 e. The monoisotopic (exact) mass is 324 g/mol. The zero-order chi connectivity index (χ0) is 17.2. The first-order valence-electron chi connectivity index (χ1n) is 6.82. The Morgan fingerprint density at radius 3 is 2.26 bits per heavy atom. The van der Waals surface area contributed by atoms with E-state index in [9.17, 15) is 23.1 Å². The Bertz CT molecular complexity index is 706. The summed E-state index contributed by atoms with van der Waals surface area (Å²) in [5, 5.41) is 9.26. The molecule has 0 aliphatic heterocycles. The number of aromatic hydroxyl groups is 1. The van der Waals surface area contributed by atoms with Gasteiger partial charge in [-0.25, -0.2) is 0 Å². The lowest BCUT2D eigenvalue weighted by atomic mass is 9.92. The molecule has 23 heavy (non-hydrogen) atoms. The van der Waals surface area contributed by atoms with Crippen LogP contribution in [0.15, 0.2) is 42.5 Å². The molecule has 122 valence electrons. The van der Waals surface area contributed by atoms with Gasteiger partial charge in [-0.3, -0.25) is 4.79 Å². The normalized spacial score (nSPS) is 12.7. The highest BCUT2D eigenvalue weighted by molar-refractivity contribution is 5.78. The van der Waals surface area contributed by atoms with Crippen LogP contribution in [0.1, 0.15) is 24.0 Å². The molecule has 0 radical (unpaired) electrons. The summed E-state index contributed by atoms with van der Waals surface area (Å²) in [7, 11) is 1.19. The summed E-state index contributed by atoms with van der Waals surface area (Å²) in [5.74, 6) is -1.43. The number of phenols is 1. The fourth-order valence-electron chi connectivity index (χ4n) is 2.27. The molecule has 0 fully saturated rings. The molecule has 0 amide bonds. The lowest BCUT2D eigenvalue weighted by Crippen LogP contribution is -2.13. The highest BCUT2D eigenvalue weighted by atomic mass is 19.4. The summed E-state index contributed by atoms with van der Waals surface area (Å²) in [4.78, 5) is 11.5. The van der Waals surface area contributed by atoms with Crippen molar-refractivity contribution in [3.63, 3.8) is 0 Å². The molecule has 6 heteroatoms. The maximum absolute atomic E-state index is 13.4. The van der Waals surface area contributed by atoms with Crippen molar-refractivity contribution in [3.8, 4) is 16.9 Å². The van der Waals surface area contributed by atoms with Gasteiger partial charge >= 0.3 is 12.1 Å². The number of esters is 1. The standard InChI is InChI=1S/C17H15F3O3/c1-10(16(22)23-2)12-5-8-14(15(9-12)17(18,19)20)11-3-6-13(21)7-4-11/h3-10,21H,1-2H3. The quantitative estimate of drug-likeness (QED) is 0.854. The van der Waals surface area contributed by atoms with E-state index in [1.807, 2.05) is 0 Å². The number of carbonyl (C=O) groups excluding carboxylic acids is 1. The van der Waals surface area contributed by atoms with Crippen molar-refractivity contribution < 1.29 is 27.8 Å². The van der Waals surface area contributed by atoms with Crippen molar-refractivity contribution in [2.75, 3.05) is 7.11 Å². The molecule has 0 saturated heterocycles. The van der Waals surface area contributed by atoms with Crippen molar-refractivity contribution in [1.82, 2.24) is 0 Å². The van der Waals surface area contributed by atoms with Gasteiger partial charge in [0.25, 0.3) is 0 Å².